The van der Waals surface area contributed by atoms with E-state index in [4.69, 9.17) is 27.9 Å². The van der Waals surface area contributed by atoms with Gasteiger partial charge in [0.05, 0.1) is 17.6 Å². The number of aliphatic imine (C=N–C) groups is 1. The van der Waals surface area contributed by atoms with Crippen LogP contribution in [0.3, 0.4) is 0 Å². The van der Waals surface area contributed by atoms with Gasteiger partial charge in [-0.15, -0.1) is 5.10 Å². The first-order chi connectivity index (χ1) is 18.3. The van der Waals surface area contributed by atoms with Crippen molar-refractivity contribution in [3.63, 3.8) is 0 Å². The molecule has 3 aliphatic rings. The Morgan fingerprint density at radius 3 is 2.55 bits per heavy atom. The fourth-order valence-corrected chi connectivity index (χ4v) is 5.73. The predicted octanol–water partition coefficient (Wildman–Crippen LogP) is 4.96. The quantitative estimate of drug-likeness (QED) is 0.190. The maximum atomic E-state index is 14.1. The summed E-state index contributed by atoms with van der Waals surface area (Å²) in [6, 6.07) is 11.4. The molecule has 2 saturated carbocycles. The average molecular weight is 538 g/mol. The van der Waals surface area contributed by atoms with Crippen LogP contribution in [-0.2, 0) is 4.79 Å². The molecule has 0 radical (unpaired) electrons. The van der Waals surface area contributed by atoms with Gasteiger partial charge in [0, 0.05) is 11.1 Å². The van der Waals surface area contributed by atoms with Gasteiger partial charge in [0.15, 0.2) is 0 Å². The summed E-state index contributed by atoms with van der Waals surface area (Å²) in [5, 5.41) is 8.84. The van der Waals surface area contributed by atoms with Gasteiger partial charge >= 0.3 is 0 Å². The average Bonchev–Trinajstić information content (AvgIpc) is 3.72. The molecule has 198 valence electrons. The lowest BCUT2D eigenvalue weighted by Crippen LogP contribution is -2.50. The maximum Gasteiger partial charge on any atom is 0.275 e. The zero-order chi connectivity index (χ0) is 26.9. The van der Waals surface area contributed by atoms with Crippen molar-refractivity contribution in [2.45, 2.75) is 56.7 Å². The molecule has 1 atom stereocenters. The summed E-state index contributed by atoms with van der Waals surface area (Å²) >= 11 is 6.05. The Hall–Kier alpha value is -3.66. The van der Waals surface area contributed by atoms with Crippen LogP contribution >= 0.6 is 11.6 Å². The molecule has 0 saturated heterocycles. The van der Waals surface area contributed by atoms with Crippen LogP contribution in [0.15, 0.2) is 57.8 Å². The van der Waals surface area contributed by atoms with Crippen molar-refractivity contribution in [1.29, 1.82) is 5.53 Å². The number of nitrogens with two attached hydrogens (primary N) is 1. The molecule has 4 N–H and O–H groups in total. The summed E-state index contributed by atoms with van der Waals surface area (Å²) in [4.78, 5) is 33.6. The van der Waals surface area contributed by atoms with Crippen molar-refractivity contribution in [1.82, 2.24) is 10.2 Å². The first kappa shape index (κ1) is 26.0. The van der Waals surface area contributed by atoms with Crippen molar-refractivity contribution in [3.8, 4) is 0 Å². The highest BCUT2D eigenvalue weighted by Gasteiger charge is 2.53. The second-order valence-corrected chi connectivity index (χ2v) is 10.5. The number of amidine groups is 1. The molecule has 1 heterocycles. The Kier molecular flexibility index (Phi) is 7.25. The van der Waals surface area contributed by atoms with Crippen LogP contribution in [0.25, 0.3) is 0 Å². The molecule has 1 aliphatic heterocycles. The molecule has 5 rings (SSSR count). The summed E-state index contributed by atoms with van der Waals surface area (Å²) in [7, 11) is 0. The van der Waals surface area contributed by atoms with Crippen LogP contribution in [0.1, 0.15) is 72.5 Å². The molecule has 9 nitrogen and oxygen atoms in total. The van der Waals surface area contributed by atoms with E-state index in [0.29, 0.717) is 22.8 Å². The van der Waals surface area contributed by atoms with Gasteiger partial charge in [0.25, 0.3) is 11.8 Å². The summed E-state index contributed by atoms with van der Waals surface area (Å²) in [6.45, 7) is -0.0218. The Bertz CT molecular complexity index is 1320. The minimum absolute atomic E-state index is 0.0218. The van der Waals surface area contributed by atoms with E-state index in [2.05, 4.69) is 15.6 Å². The number of nitrogens with one attached hydrogen (secondary N) is 2. The number of nitrogens with zero attached hydrogens (tertiary/aromatic N) is 4. The number of amides is 2. The zero-order valence-electron chi connectivity index (χ0n) is 20.8. The molecule has 2 amide bonds. The molecule has 2 aliphatic carbocycles. The molecule has 2 aromatic rings. The Morgan fingerprint density at radius 2 is 1.92 bits per heavy atom. The molecular weight excluding hydrogens is 509 g/mol. The van der Waals surface area contributed by atoms with Gasteiger partial charge in [0.2, 0.25) is 0 Å². The minimum Gasteiger partial charge on any atom is -0.384 e. The predicted molar refractivity (Wildman–Crippen MR) is 142 cm³/mol. The molecule has 1 spiro atoms. The third-order valence-corrected chi connectivity index (χ3v) is 7.80. The van der Waals surface area contributed by atoms with Crippen molar-refractivity contribution in [2.24, 2.45) is 27.0 Å². The van der Waals surface area contributed by atoms with Gasteiger partial charge in [-0.2, -0.15) is 5.53 Å². The van der Waals surface area contributed by atoms with Gasteiger partial charge < -0.3 is 16.0 Å². The number of hydrogen-bond donors (Lipinski definition) is 3. The van der Waals surface area contributed by atoms with Gasteiger partial charge in [-0.3, -0.25) is 14.6 Å². The van der Waals surface area contributed by atoms with E-state index in [1.807, 2.05) is 17.0 Å². The van der Waals surface area contributed by atoms with E-state index in [0.717, 1.165) is 50.5 Å². The van der Waals surface area contributed by atoms with Crippen molar-refractivity contribution in [2.75, 3.05) is 6.54 Å². The van der Waals surface area contributed by atoms with Gasteiger partial charge in [0.1, 0.15) is 23.0 Å². The van der Waals surface area contributed by atoms with Crippen LogP contribution in [0.4, 0.5) is 4.39 Å². The lowest BCUT2D eigenvalue weighted by atomic mass is 9.86. The Balaban J connectivity index is 1.45. The molecule has 1 unspecified atom stereocenters. The lowest BCUT2D eigenvalue weighted by Gasteiger charge is -2.44. The van der Waals surface area contributed by atoms with Gasteiger partial charge in [-0.05, 0) is 80.3 Å². The molecule has 2 aromatic carbocycles. The number of hydrogen-bond acceptors (Lipinski definition) is 5. The molecule has 0 bridgehead atoms. The Morgan fingerprint density at radius 1 is 1.21 bits per heavy atom. The molecule has 11 heteroatoms. The monoisotopic (exact) mass is 537 g/mol. The maximum absolute atomic E-state index is 14.1. The topological polar surface area (TPSA) is 136 Å². The lowest BCUT2D eigenvalue weighted by molar-refractivity contribution is -0.133. The number of carbonyl (C=O) groups is 2. The van der Waals surface area contributed by atoms with Crippen LogP contribution < -0.4 is 11.1 Å². The normalized spacial score (nSPS) is 19.8. The van der Waals surface area contributed by atoms with Crippen molar-refractivity contribution >= 4 is 35.0 Å². The van der Waals surface area contributed by atoms with Crippen LogP contribution in [-0.4, -0.2) is 40.5 Å². The first-order valence-electron chi connectivity index (χ1n) is 12.8. The smallest absolute Gasteiger partial charge is 0.275 e. The number of halogens is 2. The molecule has 2 fully saturated rings. The highest BCUT2D eigenvalue weighted by molar-refractivity contribution is 6.47. The van der Waals surface area contributed by atoms with Crippen LogP contribution in [0, 0.1) is 17.3 Å². The van der Waals surface area contributed by atoms with Crippen LogP contribution in [0.5, 0.6) is 0 Å². The molecule has 38 heavy (non-hydrogen) atoms. The number of rotatable bonds is 8. The summed E-state index contributed by atoms with van der Waals surface area (Å²) < 4.78 is 13.9. The molecular formula is C27H29ClFN7O2. The van der Waals surface area contributed by atoms with E-state index >= 15 is 0 Å². The summed E-state index contributed by atoms with van der Waals surface area (Å²) in [6.07, 6.45) is 6.60. The number of benzene rings is 2. The number of carbonyl (C=O) groups excluding carboxylic acids is 2. The standard InChI is InChI=1S/C27H29ClFN7O2/c28-20-14-19(10-11-21(20)29)23-26(38)36(27(33-23)12-2-1-3-13-27)24(16-4-5-16)17-6-8-18(9-7-17)25(37)32-15-22(30)34-35-31/h6-11,14,16,24H,1-5,12-13,15H2,(H,32,37)(H3,30,31,34). The summed E-state index contributed by atoms with van der Waals surface area (Å²) in [5.41, 5.74) is 13.9. The van der Waals surface area contributed by atoms with Crippen molar-refractivity contribution in [3.05, 3.63) is 70.0 Å². The van der Waals surface area contributed by atoms with Crippen molar-refractivity contribution < 1.29 is 14.0 Å². The summed E-state index contributed by atoms with van der Waals surface area (Å²) in [5.74, 6) is -0.701. The third-order valence-electron chi connectivity index (χ3n) is 7.51. The molecule has 0 aromatic heterocycles. The van der Waals surface area contributed by atoms with E-state index in [9.17, 15) is 14.0 Å². The van der Waals surface area contributed by atoms with Gasteiger partial charge in [-0.25, -0.2) is 4.39 Å². The zero-order valence-corrected chi connectivity index (χ0v) is 21.5. The fraction of sp³-hybridized carbons (Fsp3) is 0.407. The largest absolute Gasteiger partial charge is 0.384 e. The first-order valence-corrected chi connectivity index (χ1v) is 13.2. The van der Waals surface area contributed by atoms with Crippen LogP contribution in [0.2, 0.25) is 5.02 Å². The SMILES string of the molecule is N=NN=C(N)CNC(=O)c1ccc(C(C2CC2)N2C(=O)C(c3ccc(F)c(Cl)c3)=NC23CCCCC3)cc1. The minimum atomic E-state index is -0.644. The highest BCUT2D eigenvalue weighted by atomic mass is 35.5. The van der Waals surface area contributed by atoms with E-state index in [1.165, 1.54) is 12.1 Å². The second kappa shape index (κ2) is 10.6. The second-order valence-electron chi connectivity index (χ2n) is 10.1. The highest BCUT2D eigenvalue weighted by Crippen LogP contribution is 2.52. The Labute approximate surface area is 224 Å². The van der Waals surface area contributed by atoms with E-state index in [1.54, 1.807) is 18.2 Å². The fourth-order valence-electron chi connectivity index (χ4n) is 5.55. The third kappa shape index (κ3) is 5.05. The van der Waals surface area contributed by atoms with E-state index < -0.39 is 11.5 Å². The van der Waals surface area contributed by atoms with Gasteiger partial charge in [-0.1, -0.05) is 35.4 Å². The van der Waals surface area contributed by atoms with E-state index in [-0.39, 0.29) is 35.3 Å².